The zero-order chi connectivity index (χ0) is 21.4. The van der Waals surface area contributed by atoms with E-state index in [1.165, 1.54) is 6.42 Å². The van der Waals surface area contributed by atoms with Crippen LogP contribution in [0.15, 0.2) is 48.8 Å². The summed E-state index contributed by atoms with van der Waals surface area (Å²) in [5, 5.41) is 10.0. The van der Waals surface area contributed by atoms with Gasteiger partial charge in [0.1, 0.15) is 0 Å². The van der Waals surface area contributed by atoms with Crippen molar-refractivity contribution in [3.8, 4) is 11.1 Å². The highest BCUT2D eigenvalue weighted by molar-refractivity contribution is 5.88. The minimum absolute atomic E-state index is 0.0392. The Morgan fingerprint density at radius 3 is 2.52 bits per heavy atom. The van der Waals surface area contributed by atoms with E-state index in [1.807, 2.05) is 23.2 Å². The van der Waals surface area contributed by atoms with Gasteiger partial charge in [0.2, 0.25) is 11.8 Å². The lowest BCUT2D eigenvalue weighted by atomic mass is 9.73. The van der Waals surface area contributed by atoms with Gasteiger partial charge in [-0.05, 0) is 35.6 Å². The van der Waals surface area contributed by atoms with Gasteiger partial charge in [-0.15, -0.1) is 0 Å². The molecular formula is C25H29N3O3. The fourth-order valence-electron chi connectivity index (χ4n) is 5.71. The van der Waals surface area contributed by atoms with Gasteiger partial charge in [0.15, 0.2) is 0 Å². The van der Waals surface area contributed by atoms with Gasteiger partial charge in [0.05, 0.1) is 25.2 Å². The van der Waals surface area contributed by atoms with Gasteiger partial charge < -0.3 is 14.9 Å². The predicted molar refractivity (Wildman–Crippen MR) is 117 cm³/mol. The summed E-state index contributed by atoms with van der Waals surface area (Å²) in [4.78, 5) is 33.7. The van der Waals surface area contributed by atoms with Crippen LogP contribution in [0.25, 0.3) is 11.1 Å². The fourth-order valence-corrected chi connectivity index (χ4v) is 5.71. The third-order valence-corrected chi connectivity index (χ3v) is 7.31. The maximum atomic E-state index is 13.1. The second kappa shape index (κ2) is 8.42. The highest BCUT2D eigenvalue weighted by atomic mass is 16.3. The Morgan fingerprint density at radius 1 is 1.06 bits per heavy atom. The Morgan fingerprint density at radius 2 is 1.84 bits per heavy atom. The first-order valence-corrected chi connectivity index (χ1v) is 11.4. The van der Waals surface area contributed by atoms with Gasteiger partial charge >= 0.3 is 0 Å². The molecule has 0 spiro atoms. The molecule has 31 heavy (non-hydrogen) atoms. The van der Waals surface area contributed by atoms with E-state index in [-0.39, 0.29) is 48.9 Å². The lowest BCUT2D eigenvalue weighted by Gasteiger charge is -2.59. The molecule has 2 amide bonds. The van der Waals surface area contributed by atoms with Gasteiger partial charge in [-0.2, -0.15) is 0 Å². The van der Waals surface area contributed by atoms with Gasteiger partial charge in [0, 0.05) is 30.8 Å². The molecule has 0 radical (unpaired) electrons. The van der Waals surface area contributed by atoms with Crippen LogP contribution in [0.2, 0.25) is 0 Å². The first-order valence-electron chi connectivity index (χ1n) is 11.4. The molecule has 5 rings (SSSR count). The molecule has 0 bridgehead atoms. The third kappa shape index (κ3) is 3.63. The van der Waals surface area contributed by atoms with E-state index in [0.717, 1.165) is 42.4 Å². The van der Waals surface area contributed by atoms with E-state index in [1.54, 1.807) is 11.1 Å². The fraction of sp³-hybridized carbons (Fsp3) is 0.480. The smallest absolute Gasteiger partial charge is 0.242 e. The molecule has 1 N–H and O–H groups in total. The van der Waals surface area contributed by atoms with Crippen molar-refractivity contribution in [3.63, 3.8) is 0 Å². The van der Waals surface area contributed by atoms with Gasteiger partial charge in [-0.3, -0.25) is 14.6 Å². The average Bonchev–Trinajstić information content (AvgIpc) is 2.81. The number of carbonyl (C=O) groups excluding carboxylic acids is 2. The summed E-state index contributed by atoms with van der Waals surface area (Å²) in [6.07, 6.45) is 8.89. The number of hydrogen-bond acceptors (Lipinski definition) is 4. The van der Waals surface area contributed by atoms with Crippen molar-refractivity contribution in [2.45, 2.75) is 50.1 Å². The largest absolute Gasteiger partial charge is 0.394 e. The summed E-state index contributed by atoms with van der Waals surface area (Å²) in [7, 11) is 0. The van der Waals surface area contributed by atoms with Crippen molar-refractivity contribution in [2.24, 2.45) is 5.92 Å². The van der Waals surface area contributed by atoms with Crippen LogP contribution in [0.5, 0.6) is 0 Å². The summed E-state index contributed by atoms with van der Waals surface area (Å²) in [6, 6.07) is 12.0. The standard InChI is InChI=1S/C25H29N3O3/c29-16-22-24(18-10-8-17(9-11-18)20-7-4-12-26-13-20)21-14-27(15-23(30)28(21)22)25(31)19-5-2-1-3-6-19/h4,7-13,19,21-22,24,29H,1-3,5-6,14-16H2/t21-,22+,24-/m1/s1. The van der Waals surface area contributed by atoms with Crippen LogP contribution in [0.1, 0.15) is 43.6 Å². The number of pyridine rings is 1. The second-order valence-electron chi connectivity index (χ2n) is 9.06. The average molecular weight is 420 g/mol. The quantitative estimate of drug-likeness (QED) is 0.827. The predicted octanol–water partition coefficient (Wildman–Crippen LogP) is 2.83. The van der Waals surface area contributed by atoms with E-state index in [4.69, 9.17) is 0 Å². The Kier molecular flexibility index (Phi) is 5.48. The molecule has 2 aromatic rings. The molecule has 3 aliphatic rings. The van der Waals surface area contributed by atoms with Crippen molar-refractivity contribution in [1.82, 2.24) is 14.8 Å². The van der Waals surface area contributed by atoms with E-state index in [9.17, 15) is 14.7 Å². The molecule has 3 atom stereocenters. The van der Waals surface area contributed by atoms with Crippen molar-refractivity contribution in [3.05, 3.63) is 54.4 Å². The Labute approximate surface area is 182 Å². The molecule has 6 nitrogen and oxygen atoms in total. The normalized spacial score (nSPS) is 26.4. The monoisotopic (exact) mass is 419 g/mol. The Hall–Kier alpha value is -2.73. The molecule has 1 aromatic carbocycles. The topological polar surface area (TPSA) is 73.7 Å². The van der Waals surface area contributed by atoms with Gasteiger partial charge in [0.25, 0.3) is 0 Å². The van der Waals surface area contributed by atoms with Crippen molar-refractivity contribution in [1.29, 1.82) is 0 Å². The van der Waals surface area contributed by atoms with Gasteiger partial charge in [-0.25, -0.2) is 0 Å². The van der Waals surface area contributed by atoms with E-state index in [0.29, 0.717) is 6.54 Å². The molecule has 2 aliphatic heterocycles. The minimum atomic E-state index is -0.214. The number of benzene rings is 1. The van der Waals surface area contributed by atoms with Crippen LogP contribution in [-0.2, 0) is 9.59 Å². The lowest BCUT2D eigenvalue weighted by Crippen LogP contribution is -2.73. The molecular weight excluding hydrogens is 390 g/mol. The molecule has 162 valence electrons. The molecule has 1 aliphatic carbocycles. The maximum absolute atomic E-state index is 13.1. The highest BCUT2D eigenvalue weighted by Gasteiger charge is 2.54. The van der Waals surface area contributed by atoms with Crippen LogP contribution < -0.4 is 0 Å². The molecule has 3 fully saturated rings. The van der Waals surface area contributed by atoms with Crippen molar-refractivity contribution in [2.75, 3.05) is 19.7 Å². The summed E-state index contributed by atoms with van der Waals surface area (Å²) in [5.74, 6) is 0.214. The number of carbonyl (C=O) groups is 2. The zero-order valence-corrected chi connectivity index (χ0v) is 17.7. The number of amides is 2. The van der Waals surface area contributed by atoms with Crippen molar-refractivity contribution >= 4 is 11.8 Å². The number of aliphatic hydroxyl groups is 1. The zero-order valence-electron chi connectivity index (χ0n) is 17.7. The van der Waals surface area contributed by atoms with E-state index < -0.39 is 0 Å². The Bertz CT molecular complexity index is 940. The van der Waals surface area contributed by atoms with Gasteiger partial charge in [-0.1, -0.05) is 49.6 Å². The lowest BCUT2D eigenvalue weighted by molar-refractivity contribution is -0.168. The van der Waals surface area contributed by atoms with Crippen LogP contribution in [0.3, 0.4) is 0 Å². The first-order chi connectivity index (χ1) is 15.2. The van der Waals surface area contributed by atoms with E-state index >= 15 is 0 Å². The number of aromatic nitrogens is 1. The molecule has 0 unspecified atom stereocenters. The van der Waals surface area contributed by atoms with E-state index in [2.05, 4.69) is 29.2 Å². The number of hydrogen-bond donors (Lipinski definition) is 1. The minimum Gasteiger partial charge on any atom is -0.394 e. The van der Waals surface area contributed by atoms with Crippen molar-refractivity contribution < 1.29 is 14.7 Å². The molecule has 2 saturated heterocycles. The first kappa shape index (κ1) is 20.2. The third-order valence-electron chi connectivity index (χ3n) is 7.31. The molecule has 3 heterocycles. The summed E-state index contributed by atoms with van der Waals surface area (Å²) in [5.41, 5.74) is 3.25. The molecule has 1 saturated carbocycles. The maximum Gasteiger partial charge on any atom is 0.242 e. The van der Waals surface area contributed by atoms with Crippen LogP contribution in [0.4, 0.5) is 0 Å². The second-order valence-corrected chi connectivity index (χ2v) is 9.06. The van der Waals surface area contributed by atoms with Crippen LogP contribution in [0, 0.1) is 5.92 Å². The number of piperazine rings is 1. The number of fused-ring (bicyclic) bond motifs is 1. The van der Waals surface area contributed by atoms with Crippen LogP contribution >= 0.6 is 0 Å². The highest BCUT2D eigenvalue weighted by Crippen LogP contribution is 2.43. The summed E-state index contributed by atoms with van der Waals surface area (Å²) < 4.78 is 0. The Balaban J connectivity index is 1.35. The summed E-state index contributed by atoms with van der Waals surface area (Å²) >= 11 is 0. The number of aliphatic hydroxyl groups excluding tert-OH is 1. The molecule has 1 aromatic heterocycles. The number of rotatable bonds is 4. The SMILES string of the molecule is O=C(C1CCCCC1)N1CC(=O)N2[C@H](C1)[C@@H](c1ccc(-c3cccnc3)cc1)[C@@H]2CO. The molecule has 6 heteroatoms. The number of nitrogens with zero attached hydrogens (tertiary/aromatic N) is 3. The summed E-state index contributed by atoms with van der Waals surface area (Å²) in [6.45, 7) is 0.648. The van der Waals surface area contributed by atoms with Crippen LogP contribution in [-0.4, -0.2) is 63.5 Å².